The van der Waals surface area contributed by atoms with Crippen LogP contribution in [0.15, 0.2) is 18.7 Å². The highest BCUT2D eigenvalue weighted by Crippen LogP contribution is 1.98. The van der Waals surface area contributed by atoms with Gasteiger partial charge in [-0.15, -0.1) is 0 Å². The van der Waals surface area contributed by atoms with Gasteiger partial charge in [0.2, 0.25) is 5.91 Å². The zero-order chi connectivity index (χ0) is 14.1. The highest BCUT2D eigenvalue weighted by molar-refractivity contribution is 5.78. The molecule has 1 aromatic rings. The molecule has 108 valence electrons. The molecule has 1 unspecified atom stereocenters. The normalized spacial score (nSPS) is 12.6. The van der Waals surface area contributed by atoms with Crippen molar-refractivity contribution in [3.63, 3.8) is 0 Å². The summed E-state index contributed by atoms with van der Waals surface area (Å²) >= 11 is 0. The molecule has 0 fully saturated rings. The van der Waals surface area contributed by atoms with Crippen LogP contribution >= 0.6 is 0 Å². The minimum Gasteiger partial charge on any atom is -0.352 e. The SMILES string of the molecule is CC(C)C(C)NC(=O)CNCCCCn1ccnc1. The van der Waals surface area contributed by atoms with Crippen LogP contribution in [-0.4, -0.2) is 34.6 Å². The van der Waals surface area contributed by atoms with Gasteiger partial charge in [-0.2, -0.15) is 0 Å². The van der Waals surface area contributed by atoms with Crippen LogP contribution in [0.25, 0.3) is 0 Å². The Bertz CT molecular complexity index is 348. The molecule has 1 aromatic heterocycles. The van der Waals surface area contributed by atoms with Gasteiger partial charge in [-0.1, -0.05) is 13.8 Å². The third kappa shape index (κ3) is 6.96. The summed E-state index contributed by atoms with van der Waals surface area (Å²) < 4.78 is 2.07. The monoisotopic (exact) mass is 266 g/mol. The van der Waals surface area contributed by atoms with E-state index in [9.17, 15) is 4.79 Å². The van der Waals surface area contributed by atoms with E-state index in [0.717, 1.165) is 25.9 Å². The Morgan fingerprint density at radius 3 is 2.74 bits per heavy atom. The average Bonchev–Trinajstić information content (AvgIpc) is 2.86. The molecule has 1 atom stereocenters. The molecule has 0 aliphatic heterocycles. The number of amides is 1. The lowest BCUT2D eigenvalue weighted by Crippen LogP contribution is -2.41. The third-order valence-corrected chi connectivity index (χ3v) is 3.25. The van der Waals surface area contributed by atoms with E-state index in [4.69, 9.17) is 0 Å². The van der Waals surface area contributed by atoms with Crippen molar-refractivity contribution in [1.82, 2.24) is 20.2 Å². The first kappa shape index (κ1) is 15.7. The number of hydrogen-bond acceptors (Lipinski definition) is 3. The Hall–Kier alpha value is -1.36. The summed E-state index contributed by atoms with van der Waals surface area (Å²) in [4.78, 5) is 15.6. The van der Waals surface area contributed by atoms with Crippen molar-refractivity contribution < 1.29 is 4.79 Å². The van der Waals surface area contributed by atoms with Crippen molar-refractivity contribution in [2.24, 2.45) is 5.92 Å². The van der Waals surface area contributed by atoms with Gasteiger partial charge in [0.25, 0.3) is 0 Å². The van der Waals surface area contributed by atoms with Crippen LogP contribution in [0.5, 0.6) is 0 Å². The van der Waals surface area contributed by atoms with E-state index in [-0.39, 0.29) is 11.9 Å². The van der Waals surface area contributed by atoms with E-state index >= 15 is 0 Å². The van der Waals surface area contributed by atoms with Gasteiger partial charge in [-0.25, -0.2) is 4.98 Å². The third-order valence-electron chi connectivity index (χ3n) is 3.25. The van der Waals surface area contributed by atoms with E-state index in [2.05, 4.69) is 34.0 Å². The topological polar surface area (TPSA) is 59.0 Å². The first-order valence-corrected chi connectivity index (χ1v) is 7.05. The number of carbonyl (C=O) groups excluding carboxylic acids is 1. The van der Waals surface area contributed by atoms with Crippen molar-refractivity contribution >= 4 is 5.91 Å². The van der Waals surface area contributed by atoms with Crippen molar-refractivity contribution in [2.75, 3.05) is 13.1 Å². The van der Waals surface area contributed by atoms with Crippen LogP contribution in [0.3, 0.4) is 0 Å². The molecular weight excluding hydrogens is 240 g/mol. The highest BCUT2D eigenvalue weighted by Gasteiger charge is 2.09. The Morgan fingerprint density at radius 1 is 1.32 bits per heavy atom. The second-order valence-corrected chi connectivity index (χ2v) is 5.28. The molecule has 0 radical (unpaired) electrons. The van der Waals surface area contributed by atoms with Gasteiger partial charge in [0, 0.05) is 25.0 Å². The van der Waals surface area contributed by atoms with E-state index in [0.29, 0.717) is 12.5 Å². The number of aromatic nitrogens is 2. The molecule has 0 bridgehead atoms. The second kappa shape index (κ2) is 8.69. The van der Waals surface area contributed by atoms with Gasteiger partial charge in [0.15, 0.2) is 0 Å². The standard InChI is InChI=1S/C14H26N4O/c1-12(2)13(3)17-14(19)10-15-6-4-5-8-18-9-7-16-11-18/h7,9,11-13,15H,4-6,8,10H2,1-3H3,(H,17,19). The molecule has 0 aliphatic rings. The molecule has 1 amide bonds. The van der Waals surface area contributed by atoms with E-state index in [1.807, 2.05) is 19.4 Å². The molecule has 19 heavy (non-hydrogen) atoms. The second-order valence-electron chi connectivity index (χ2n) is 5.28. The first-order chi connectivity index (χ1) is 9.09. The summed E-state index contributed by atoms with van der Waals surface area (Å²) in [5, 5.41) is 6.15. The number of nitrogens with zero attached hydrogens (tertiary/aromatic N) is 2. The molecule has 5 heteroatoms. The molecule has 5 nitrogen and oxygen atoms in total. The Kier molecular flexibility index (Phi) is 7.18. The van der Waals surface area contributed by atoms with Crippen molar-refractivity contribution in [3.05, 3.63) is 18.7 Å². The summed E-state index contributed by atoms with van der Waals surface area (Å²) in [7, 11) is 0. The summed E-state index contributed by atoms with van der Waals surface area (Å²) in [6.45, 7) is 8.51. The summed E-state index contributed by atoms with van der Waals surface area (Å²) in [5.41, 5.74) is 0. The fraction of sp³-hybridized carbons (Fsp3) is 0.714. The van der Waals surface area contributed by atoms with Crippen molar-refractivity contribution in [3.8, 4) is 0 Å². The molecule has 1 heterocycles. The van der Waals surface area contributed by atoms with Gasteiger partial charge in [-0.3, -0.25) is 4.79 Å². The number of hydrogen-bond donors (Lipinski definition) is 2. The van der Waals surface area contributed by atoms with Gasteiger partial charge < -0.3 is 15.2 Å². The van der Waals surface area contributed by atoms with Crippen LogP contribution in [0.2, 0.25) is 0 Å². The Balaban J connectivity index is 1.97. The number of imidazole rings is 1. The Labute approximate surface area is 115 Å². The lowest BCUT2D eigenvalue weighted by molar-refractivity contribution is -0.121. The predicted molar refractivity (Wildman–Crippen MR) is 76.8 cm³/mol. The molecule has 0 aliphatic carbocycles. The number of aryl methyl sites for hydroxylation is 1. The van der Waals surface area contributed by atoms with Crippen LogP contribution in [0, 0.1) is 5.92 Å². The van der Waals surface area contributed by atoms with Gasteiger partial charge in [0.05, 0.1) is 12.9 Å². The maximum Gasteiger partial charge on any atom is 0.234 e. The zero-order valence-electron chi connectivity index (χ0n) is 12.2. The molecule has 0 aromatic carbocycles. The molecule has 0 saturated carbocycles. The van der Waals surface area contributed by atoms with E-state index in [1.165, 1.54) is 0 Å². The summed E-state index contributed by atoms with van der Waals surface area (Å²) in [6, 6.07) is 0.232. The van der Waals surface area contributed by atoms with Gasteiger partial charge in [0.1, 0.15) is 0 Å². The quantitative estimate of drug-likeness (QED) is 0.665. The molecular formula is C14H26N4O. The summed E-state index contributed by atoms with van der Waals surface area (Å²) in [6.07, 6.45) is 7.74. The zero-order valence-corrected chi connectivity index (χ0v) is 12.2. The minimum atomic E-state index is 0.0795. The maximum absolute atomic E-state index is 11.6. The van der Waals surface area contributed by atoms with Crippen LogP contribution in [0.1, 0.15) is 33.6 Å². The highest BCUT2D eigenvalue weighted by atomic mass is 16.1. The van der Waals surface area contributed by atoms with Gasteiger partial charge >= 0.3 is 0 Å². The first-order valence-electron chi connectivity index (χ1n) is 7.05. The van der Waals surface area contributed by atoms with E-state index in [1.54, 1.807) is 6.20 Å². The lowest BCUT2D eigenvalue weighted by Gasteiger charge is -2.17. The largest absolute Gasteiger partial charge is 0.352 e. The van der Waals surface area contributed by atoms with Crippen molar-refractivity contribution in [1.29, 1.82) is 0 Å². The number of carbonyl (C=O) groups is 1. The van der Waals surface area contributed by atoms with Crippen LogP contribution < -0.4 is 10.6 Å². The molecule has 0 saturated heterocycles. The number of nitrogens with one attached hydrogen (secondary N) is 2. The van der Waals surface area contributed by atoms with Crippen molar-refractivity contribution in [2.45, 2.75) is 46.2 Å². The molecule has 1 rings (SSSR count). The predicted octanol–water partition coefficient (Wildman–Crippen LogP) is 1.41. The fourth-order valence-electron chi connectivity index (χ4n) is 1.64. The smallest absolute Gasteiger partial charge is 0.234 e. The number of rotatable bonds is 9. The number of unbranched alkanes of at least 4 members (excludes halogenated alkanes) is 1. The van der Waals surface area contributed by atoms with E-state index < -0.39 is 0 Å². The minimum absolute atomic E-state index is 0.0795. The average molecular weight is 266 g/mol. The summed E-state index contributed by atoms with van der Waals surface area (Å²) in [5.74, 6) is 0.551. The fourth-order valence-corrected chi connectivity index (χ4v) is 1.64. The maximum atomic E-state index is 11.6. The Morgan fingerprint density at radius 2 is 2.11 bits per heavy atom. The van der Waals surface area contributed by atoms with Gasteiger partial charge in [-0.05, 0) is 32.2 Å². The van der Waals surface area contributed by atoms with Crippen LogP contribution in [-0.2, 0) is 11.3 Å². The lowest BCUT2D eigenvalue weighted by atomic mass is 10.1. The van der Waals surface area contributed by atoms with Crippen LogP contribution in [0.4, 0.5) is 0 Å². The molecule has 0 spiro atoms. The molecule has 2 N–H and O–H groups in total.